The maximum absolute atomic E-state index is 14.2. The largest absolute Gasteiger partial charge is 0.326 e. The van der Waals surface area contributed by atoms with Gasteiger partial charge in [-0.05, 0) is 43.2 Å². The third-order valence-electron chi connectivity index (χ3n) is 4.60. The van der Waals surface area contributed by atoms with Crippen molar-refractivity contribution in [1.82, 2.24) is 4.31 Å². The molecule has 0 atom stereocenters. The Morgan fingerprint density at radius 2 is 1.69 bits per heavy atom. The lowest BCUT2D eigenvalue weighted by molar-refractivity contribution is -0.114. The van der Waals surface area contributed by atoms with Crippen LogP contribution in [-0.2, 0) is 14.8 Å². The van der Waals surface area contributed by atoms with Crippen LogP contribution in [0.4, 0.5) is 15.8 Å². The van der Waals surface area contributed by atoms with E-state index < -0.39 is 21.7 Å². The van der Waals surface area contributed by atoms with Crippen LogP contribution in [0.15, 0.2) is 47.4 Å². The van der Waals surface area contributed by atoms with Gasteiger partial charge >= 0.3 is 0 Å². The summed E-state index contributed by atoms with van der Waals surface area (Å²) in [6.45, 7) is 2.13. The fraction of sp³-hybridized carbons (Fsp3) is 0.300. The summed E-state index contributed by atoms with van der Waals surface area (Å²) in [5.41, 5.74) is 0.0808. The van der Waals surface area contributed by atoms with Crippen molar-refractivity contribution in [2.75, 3.05) is 23.7 Å². The fourth-order valence-corrected chi connectivity index (χ4v) is 4.92. The highest BCUT2D eigenvalue weighted by Gasteiger charge is 2.30. The molecule has 0 unspecified atom stereocenters. The zero-order valence-corrected chi connectivity index (χ0v) is 16.8. The molecule has 9 heteroatoms. The van der Waals surface area contributed by atoms with Crippen LogP contribution in [0.5, 0.6) is 0 Å². The van der Waals surface area contributed by atoms with E-state index in [-0.39, 0.29) is 22.1 Å². The molecule has 1 aliphatic heterocycles. The summed E-state index contributed by atoms with van der Waals surface area (Å²) in [7, 11) is -3.84. The first kappa shape index (κ1) is 20.9. The second-order valence-corrected chi connectivity index (χ2v) is 8.70. The van der Waals surface area contributed by atoms with Crippen molar-refractivity contribution in [3.8, 4) is 0 Å². The van der Waals surface area contributed by atoms with Crippen molar-refractivity contribution in [2.45, 2.75) is 31.1 Å². The van der Waals surface area contributed by atoms with Gasteiger partial charge < -0.3 is 10.6 Å². The molecule has 3 rings (SSSR count). The van der Waals surface area contributed by atoms with Crippen molar-refractivity contribution in [3.63, 3.8) is 0 Å². The molecule has 0 spiro atoms. The molecule has 0 aromatic heterocycles. The van der Waals surface area contributed by atoms with Crippen molar-refractivity contribution >= 4 is 33.2 Å². The average Bonchev–Trinajstić information content (AvgIpc) is 2.70. The molecule has 0 saturated carbocycles. The van der Waals surface area contributed by atoms with Crippen molar-refractivity contribution < 1.29 is 22.4 Å². The Balaban J connectivity index is 1.90. The summed E-state index contributed by atoms with van der Waals surface area (Å²) >= 11 is 0. The van der Waals surface area contributed by atoms with Crippen molar-refractivity contribution in [2.24, 2.45) is 0 Å². The first-order chi connectivity index (χ1) is 13.8. The Morgan fingerprint density at radius 3 is 2.38 bits per heavy atom. The maximum Gasteiger partial charge on any atom is 0.257 e. The van der Waals surface area contributed by atoms with Gasteiger partial charge in [0.05, 0.1) is 16.1 Å². The highest BCUT2D eigenvalue weighted by Crippen LogP contribution is 2.25. The van der Waals surface area contributed by atoms with Gasteiger partial charge in [0, 0.05) is 25.7 Å². The van der Waals surface area contributed by atoms with Crippen molar-refractivity contribution in [1.29, 1.82) is 0 Å². The molecule has 1 saturated heterocycles. The van der Waals surface area contributed by atoms with Crippen LogP contribution >= 0.6 is 0 Å². The number of nitrogens with zero attached hydrogens (tertiary/aromatic N) is 1. The van der Waals surface area contributed by atoms with Gasteiger partial charge in [-0.25, -0.2) is 12.8 Å². The van der Waals surface area contributed by atoms with E-state index in [2.05, 4.69) is 10.6 Å². The molecule has 0 radical (unpaired) electrons. The summed E-state index contributed by atoms with van der Waals surface area (Å²) in [4.78, 5) is 23.9. The number of anilines is 2. The molecule has 0 bridgehead atoms. The number of hydrogen-bond acceptors (Lipinski definition) is 4. The van der Waals surface area contributed by atoms with E-state index >= 15 is 0 Å². The summed E-state index contributed by atoms with van der Waals surface area (Å²) in [6.07, 6.45) is 2.52. The van der Waals surface area contributed by atoms with Crippen LogP contribution in [0.25, 0.3) is 0 Å². The normalized spacial score (nSPS) is 15.0. The number of carbonyl (C=O) groups is 2. The molecule has 2 N–H and O–H groups in total. The highest BCUT2D eigenvalue weighted by atomic mass is 32.2. The Hall–Kier alpha value is -2.78. The highest BCUT2D eigenvalue weighted by molar-refractivity contribution is 7.89. The molecule has 1 aliphatic rings. The molecular weight excluding hydrogens is 397 g/mol. The number of nitrogens with one attached hydrogen (secondary N) is 2. The van der Waals surface area contributed by atoms with Crippen LogP contribution in [0, 0.1) is 5.82 Å². The number of amides is 2. The molecule has 2 amide bonds. The zero-order valence-electron chi connectivity index (χ0n) is 15.9. The number of sulfonamides is 1. The topological polar surface area (TPSA) is 95.6 Å². The molecule has 1 heterocycles. The third kappa shape index (κ3) is 4.80. The van der Waals surface area contributed by atoms with Crippen LogP contribution in [0.1, 0.15) is 36.5 Å². The lowest BCUT2D eigenvalue weighted by atomic mass is 10.2. The Morgan fingerprint density at radius 1 is 1.00 bits per heavy atom. The molecule has 154 valence electrons. The number of piperidine rings is 1. The van der Waals surface area contributed by atoms with E-state index in [1.54, 1.807) is 12.1 Å². The van der Waals surface area contributed by atoms with Gasteiger partial charge in [-0.15, -0.1) is 0 Å². The van der Waals surface area contributed by atoms with Gasteiger partial charge in [-0.1, -0.05) is 18.6 Å². The minimum Gasteiger partial charge on any atom is -0.326 e. The van der Waals surface area contributed by atoms with Gasteiger partial charge in [-0.2, -0.15) is 4.31 Å². The first-order valence-corrected chi connectivity index (χ1v) is 10.7. The smallest absolute Gasteiger partial charge is 0.257 e. The van der Waals surface area contributed by atoms with Crippen molar-refractivity contribution in [3.05, 3.63) is 53.8 Å². The Kier molecular flexibility index (Phi) is 6.29. The molecule has 0 aliphatic carbocycles. The second kappa shape index (κ2) is 8.71. The standard InChI is InChI=1S/C20H22FN3O4S/c1-14(25)22-15-9-10-17(21)18(13-15)23-20(26)16-7-3-4-8-19(16)29(27,28)24-11-5-2-6-12-24/h3-4,7-10,13H,2,5-6,11-12H2,1H3,(H,22,25)(H,23,26). The van der Waals surface area contributed by atoms with Gasteiger partial charge in [-0.3, -0.25) is 9.59 Å². The third-order valence-corrected chi connectivity index (χ3v) is 6.56. The van der Waals surface area contributed by atoms with Gasteiger partial charge in [0.1, 0.15) is 5.82 Å². The average molecular weight is 419 g/mol. The van der Waals surface area contributed by atoms with E-state index in [1.165, 1.54) is 35.5 Å². The number of hydrogen-bond donors (Lipinski definition) is 2. The van der Waals surface area contributed by atoms with Crippen LogP contribution in [0.3, 0.4) is 0 Å². The van der Waals surface area contributed by atoms with Crippen LogP contribution in [0.2, 0.25) is 0 Å². The van der Waals surface area contributed by atoms with Crippen LogP contribution in [-0.4, -0.2) is 37.6 Å². The predicted octanol–water partition coefficient (Wildman–Crippen LogP) is 3.21. The second-order valence-electron chi connectivity index (χ2n) is 6.79. The quantitative estimate of drug-likeness (QED) is 0.778. The van der Waals surface area contributed by atoms with Crippen LogP contribution < -0.4 is 10.6 Å². The summed E-state index contributed by atoms with van der Waals surface area (Å²) < 4.78 is 41.6. The molecule has 7 nitrogen and oxygen atoms in total. The lowest BCUT2D eigenvalue weighted by Gasteiger charge is -2.26. The first-order valence-electron chi connectivity index (χ1n) is 9.27. The Bertz CT molecular complexity index is 1030. The number of rotatable bonds is 5. The molecular formula is C20H22FN3O4S. The van der Waals surface area contributed by atoms with Gasteiger partial charge in [0.2, 0.25) is 15.9 Å². The summed E-state index contributed by atoms with van der Waals surface area (Å²) in [5.74, 6) is -1.80. The predicted molar refractivity (Wildman–Crippen MR) is 108 cm³/mol. The zero-order chi connectivity index (χ0) is 21.0. The van der Waals surface area contributed by atoms with E-state index in [4.69, 9.17) is 0 Å². The van der Waals surface area contributed by atoms with E-state index in [0.29, 0.717) is 18.8 Å². The number of benzene rings is 2. The van der Waals surface area contributed by atoms with E-state index in [0.717, 1.165) is 25.3 Å². The van der Waals surface area contributed by atoms with E-state index in [1.807, 2.05) is 0 Å². The van der Waals surface area contributed by atoms with Gasteiger partial charge in [0.15, 0.2) is 0 Å². The lowest BCUT2D eigenvalue weighted by Crippen LogP contribution is -2.36. The molecule has 2 aromatic carbocycles. The number of carbonyl (C=O) groups excluding carboxylic acids is 2. The molecule has 1 fully saturated rings. The summed E-state index contributed by atoms with van der Waals surface area (Å²) in [6, 6.07) is 9.61. The van der Waals surface area contributed by atoms with Gasteiger partial charge in [0.25, 0.3) is 5.91 Å². The minimum absolute atomic E-state index is 0.0672. The fourth-order valence-electron chi connectivity index (χ4n) is 3.22. The SMILES string of the molecule is CC(=O)Nc1ccc(F)c(NC(=O)c2ccccc2S(=O)(=O)N2CCCCC2)c1. The number of halogens is 1. The monoisotopic (exact) mass is 419 g/mol. The summed E-state index contributed by atoms with van der Waals surface area (Å²) in [5, 5.41) is 4.91. The Labute approximate surface area is 169 Å². The minimum atomic E-state index is -3.84. The van der Waals surface area contributed by atoms with E-state index in [9.17, 15) is 22.4 Å². The maximum atomic E-state index is 14.2. The molecule has 29 heavy (non-hydrogen) atoms. The molecule has 2 aromatic rings.